The summed E-state index contributed by atoms with van der Waals surface area (Å²) in [7, 11) is 1.33. The van der Waals surface area contributed by atoms with Crippen LogP contribution in [0.25, 0.3) is 0 Å². The molecule has 1 aliphatic rings. The Morgan fingerprint density at radius 1 is 1.40 bits per heavy atom. The molecule has 0 aromatic carbocycles. The van der Waals surface area contributed by atoms with E-state index in [1.807, 2.05) is 6.92 Å². The molecule has 3 atom stereocenters. The van der Waals surface area contributed by atoms with Gasteiger partial charge in [0.2, 0.25) is 5.76 Å². The topological polar surface area (TPSA) is 71.7 Å². The van der Waals surface area contributed by atoms with Gasteiger partial charge >= 0.3 is 5.97 Å². The highest BCUT2D eigenvalue weighted by molar-refractivity contribution is 5.86. The van der Waals surface area contributed by atoms with Crippen molar-refractivity contribution < 1.29 is 19.1 Å². The Morgan fingerprint density at radius 3 is 2.90 bits per heavy atom. The lowest BCUT2D eigenvalue weighted by molar-refractivity contribution is 0.0561. The van der Waals surface area contributed by atoms with Gasteiger partial charge in [-0.3, -0.25) is 0 Å². The van der Waals surface area contributed by atoms with Gasteiger partial charge in [-0.15, -0.1) is 0 Å². The van der Waals surface area contributed by atoms with Crippen LogP contribution in [0.5, 0.6) is 0 Å². The Balaban J connectivity index is 1.98. The van der Waals surface area contributed by atoms with Crippen molar-refractivity contribution >= 4 is 5.97 Å². The van der Waals surface area contributed by atoms with E-state index in [1.54, 1.807) is 12.1 Å². The highest BCUT2D eigenvalue weighted by Crippen LogP contribution is 2.23. The second-order valence-corrected chi connectivity index (χ2v) is 5.39. The minimum Gasteiger partial charge on any atom is -0.463 e. The smallest absolute Gasteiger partial charge is 0.373 e. The molecule has 0 saturated heterocycles. The number of esters is 1. The van der Waals surface area contributed by atoms with Crippen LogP contribution in [0.15, 0.2) is 16.5 Å². The summed E-state index contributed by atoms with van der Waals surface area (Å²) in [5.41, 5.74) is 0. The number of furan rings is 1. The van der Waals surface area contributed by atoms with Gasteiger partial charge in [0, 0.05) is 6.04 Å². The van der Waals surface area contributed by atoms with Gasteiger partial charge in [0.15, 0.2) is 0 Å². The number of hydrogen-bond donors (Lipinski definition) is 2. The summed E-state index contributed by atoms with van der Waals surface area (Å²) < 4.78 is 10.1. The lowest BCUT2D eigenvalue weighted by atomic mass is 10.0. The molecular formula is C15H23NO4. The van der Waals surface area contributed by atoms with Crippen molar-refractivity contribution in [2.45, 2.75) is 57.2 Å². The zero-order chi connectivity index (χ0) is 14.5. The molecule has 0 amide bonds. The average molecular weight is 281 g/mol. The van der Waals surface area contributed by atoms with Gasteiger partial charge in [-0.1, -0.05) is 19.3 Å². The monoisotopic (exact) mass is 281 g/mol. The third kappa shape index (κ3) is 3.61. The molecule has 20 heavy (non-hydrogen) atoms. The number of nitrogens with one attached hydrogen (secondary N) is 1. The van der Waals surface area contributed by atoms with Crippen LogP contribution in [-0.4, -0.2) is 30.3 Å². The van der Waals surface area contributed by atoms with Crippen LogP contribution in [0.1, 0.15) is 61.4 Å². The fourth-order valence-corrected chi connectivity index (χ4v) is 2.68. The Bertz CT molecular complexity index is 443. The van der Waals surface area contributed by atoms with Crippen LogP contribution in [-0.2, 0) is 4.74 Å². The SMILES string of the molecule is COC(=O)c1ccc(C(C)NC2CCCCCC2O)o1. The predicted molar refractivity (Wildman–Crippen MR) is 74.5 cm³/mol. The predicted octanol–water partition coefficient (Wildman–Crippen LogP) is 2.41. The van der Waals surface area contributed by atoms with Gasteiger partial charge in [-0.25, -0.2) is 4.79 Å². The molecule has 0 aliphatic heterocycles. The zero-order valence-corrected chi connectivity index (χ0v) is 12.1. The molecule has 1 heterocycles. The van der Waals surface area contributed by atoms with E-state index in [9.17, 15) is 9.90 Å². The second kappa shape index (κ2) is 6.90. The Hall–Kier alpha value is -1.33. The summed E-state index contributed by atoms with van der Waals surface area (Å²) >= 11 is 0. The lowest BCUT2D eigenvalue weighted by Crippen LogP contribution is -2.40. The van der Waals surface area contributed by atoms with Gasteiger partial charge < -0.3 is 19.6 Å². The van der Waals surface area contributed by atoms with E-state index in [1.165, 1.54) is 13.5 Å². The molecule has 3 unspecified atom stereocenters. The van der Waals surface area contributed by atoms with Gasteiger partial charge in [0.25, 0.3) is 0 Å². The van der Waals surface area contributed by atoms with Crippen LogP contribution >= 0.6 is 0 Å². The van der Waals surface area contributed by atoms with E-state index in [0.717, 1.165) is 25.7 Å². The molecule has 2 rings (SSSR count). The zero-order valence-electron chi connectivity index (χ0n) is 12.1. The van der Waals surface area contributed by atoms with E-state index in [4.69, 9.17) is 4.42 Å². The van der Waals surface area contributed by atoms with Crippen LogP contribution in [0.4, 0.5) is 0 Å². The standard InChI is InChI=1S/C15H23NO4/c1-10(13-8-9-14(20-13)15(18)19-2)16-11-6-4-3-5-7-12(11)17/h8-12,16-17H,3-7H2,1-2H3. The van der Waals surface area contributed by atoms with E-state index in [-0.39, 0.29) is 23.9 Å². The molecule has 1 aromatic heterocycles. The van der Waals surface area contributed by atoms with Crippen molar-refractivity contribution in [3.05, 3.63) is 23.7 Å². The second-order valence-electron chi connectivity index (χ2n) is 5.39. The van der Waals surface area contributed by atoms with Crippen LogP contribution in [0.2, 0.25) is 0 Å². The molecule has 1 fully saturated rings. The van der Waals surface area contributed by atoms with Crippen molar-refractivity contribution in [3.8, 4) is 0 Å². The molecule has 0 bridgehead atoms. The molecule has 5 heteroatoms. The number of carbonyl (C=O) groups is 1. The minimum atomic E-state index is -0.474. The summed E-state index contributed by atoms with van der Waals surface area (Å²) in [5, 5.41) is 13.5. The van der Waals surface area contributed by atoms with Crippen molar-refractivity contribution in [2.75, 3.05) is 7.11 Å². The van der Waals surface area contributed by atoms with Crippen molar-refractivity contribution in [1.82, 2.24) is 5.32 Å². The molecule has 0 radical (unpaired) electrons. The summed E-state index contributed by atoms with van der Waals surface area (Å²) in [6.07, 6.45) is 4.90. The summed E-state index contributed by atoms with van der Waals surface area (Å²) in [6, 6.07) is 3.42. The van der Waals surface area contributed by atoms with Crippen molar-refractivity contribution in [3.63, 3.8) is 0 Å². The average Bonchev–Trinajstić information content (AvgIpc) is 2.86. The first-order valence-corrected chi connectivity index (χ1v) is 7.24. The number of carbonyl (C=O) groups excluding carboxylic acids is 1. The Labute approximate surface area is 119 Å². The third-order valence-corrected chi connectivity index (χ3v) is 3.88. The van der Waals surface area contributed by atoms with Gasteiger partial charge in [-0.05, 0) is 31.9 Å². The molecule has 1 aliphatic carbocycles. The fourth-order valence-electron chi connectivity index (χ4n) is 2.68. The molecular weight excluding hydrogens is 258 g/mol. The maximum Gasteiger partial charge on any atom is 0.373 e. The summed E-state index contributed by atoms with van der Waals surface area (Å²) in [5.74, 6) is 0.414. The molecule has 1 aromatic rings. The van der Waals surface area contributed by atoms with E-state index in [2.05, 4.69) is 10.1 Å². The van der Waals surface area contributed by atoms with Crippen LogP contribution < -0.4 is 5.32 Å². The van der Waals surface area contributed by atoms with Gasteiger partial charge in [0.1, 0.15) is 5.76 Å². The first kappa shape index (κ1) is 15.1. The van der Waals surface area contributed by atoms with Crippen LogP contribution in [0.3, 0.4) is 0 Å². The summed E-state index contributed by atoms with van der Waals surface area (Å²) in [4.78, 5) is 11.4. The first-order chi connectivity index (χ1) is 9.61. The van der Waals surface area contributed by atoms with E-state index >= 15 is 0 Å². The molecule has 0 spiro atoms. The Kier molecular flexibility index (Phi) is 5.20. The van der Waals surface area contributed by atoms with Crippen molar-refractivity contribution in [2.24, 2.45) is 0 Å². The fraction of sp³-hybridized carbons (Fsp3) is 0.667. The van der Waals surface area contributed by atoms with E-state index in [0.29, 0.717) is 5.76 Å². The summed E-state index contributed by atoms with van der Waals surface area (Å²) in [6.45, 7) is 1.97. The van der Waals surface area contributed by atoms with Gasteiger partial charge in [0.05, 0.1) is 19.3 Å². The molecule has 1 saturated carbocycles. The van der Waals surface area contributed by atoms with Gasteiger partial charge in [-0.2, -0.15) is 0 Å². The molecule has 2 N–H and O–H groups in total. The highest BCUT2D eigenvalue weighted by atomic mass is 16.5. The largest absolute Gasteiger partial charge is 0.463 e. The number of methoxy groups -OCH3 is 1. The number of aliphatic hydroxyl groups excluding tert-OH is 1. The number of ether oxygens (including phenoxy) is 1. The third-order valence-electron chi connectivity index (χ3n) is 3.88. The van der Waals surface area contributed by atoms with E-state index < -0.39 is 5.97 Å². The normalized spacial score (nSPS) is 24.9. The quantitative estimate of drug-likeness (QED) is 0.655. The molecule has 112 valence electrons. The molecule has 5 nitrogen and oxygen atoms in total. The minimum absolute atomic E-state index is 0.0499. The maximum atomic E-state index is 11.4. The number of rotatable bonds is 4. The maximum absolute atomic E-state index is 11.4. The van der Waals surface area contributed by atoms with Crippen molar-refractivity contribution in [1.29, 1.82) is 0 Å². The number of aliphatic hydroxyl groups is 1. The number of hydrogen-bond acceptors (Lipinski definition) is 5. The highest BCUT2D eigenvalue weighted by Gasteiger charge is 2.24. The lowest BCUT2D eigenvalue weighted by Gasteiger charge is -2.25. The van der Waals surface area contributed by atoms with Crippen LogP contribution in [0, 0.1) is 0 Å². The Morgan fingerprint density at radius 2 is 2.15 bits per heavy atom. The first-order valence-electron chi connectivity index (χ1n) is 7.24.